The first-order chi connectivity index (χ1) is 13.3. The monoisotopic (exact) mass is 364 g/mol. The predicted molar refractivity (Wildman–Crippen MR) is 106 cm³/mol. The smallest absolute Gasteiger partial charge is 0.254 e. The summed E-state index contributed by atoms with van der Waals surface area (Å²) in [5.41, 5.74) is 2.03. The second kappa shape index (κ2) is 8.61. The van der Waals surface area contributed by atoms with Gasteiger partial charge in [0, 0.05) is 37.6 Å². The van der Waals surface area contributed by atoms with E-state index < -0.39 is 0 Å². The lowest BCUT2D eigenvalue weighted by Crippen LogP contribution is -2.50. The van der Waals surface area contributed by atoms with Gasteiger partial charge in [0.2, 0.25) is 0 Å². The van der Waals surface area contributed by atoms with E-state index in [2.05, 4.69) is 50.5 Å². The summed E-state index contributed by atoms with van der Waals surface area (Å²) in [7, 11) is 0. The summed E-state index contributed by atoms with van der Waals surface area (Å²) in [5.74, 6) is 0.585. The fraction of sp³-hybridized carbons (Fsp3) is 0.500. The van der Waals surface area contributed by atoms with E-state index in [0.717, 1.165) is 25.9 Å². The van der Waals surface area contributed by atoms with Crippen LogP contribution in [-0.4, -0.2) is 45.9 Å². The zero-order valence-corrected chi connectivity index (χ0v) is 15.8. The maximum atomic E-state index is 12.3. The van der Waals surface area contributed by atoms with Crippen LogP contribution in [0.3, 0.4) is 0 Å². The van der Waals surface area contributed by atoms with Gasteiger partial charge in [-0.1, -0.05) is 43.2 Å². The van der Waals surface area contributed by atoms with Crippen molar-refractivity contribution >= 4 is 5.91 Å². The zero-order chi connectivity index (χ0) is 18.5. The van der Waals surface area contributed by atoms with Gasteiger partial charge in [-0.25, -0.2) is 9.97 Å². The van der Waals surface area contributed by atoms with Crippen molar-refractivity contribution in [3.63, 3.8) is 0 Å². The fourth-order valence-electron chi connectivity index (χ4n) is 4.70. The highest BCUT2D eigenvalue weighted by Gasteiger charge is 2.33. The molecule has 0 radical (unpaired) electrons. The molecule has 27 heavy (non-hydrogen) atoms. The van der Waals surface area contributed by atoms with E-state index in [0.29, 0.717) is 17.5 Å². The van der Waals surface area contributed by atoms with Crippen molar-refractivity contribution in [2.24, 2.45) is 0 Å². The number of rotatable bonds is 4. The number of nitrogens with zero attached hydrogens (tertiary/aromatic N) is 3. The van der Waals surface area contributed by atoms with Crippen LogP contribution in [0.2, 0.25) is 0 Å². The second-order valence-electron chi connectivity index (χ2n) is 7.78. The minimum Gasteiger partial charge on any atom is -0.349 e. The number of hydrogen-bond acceptors (Lipinski definition) is 4. The highest BCUT2D eigenvalue weighted by Crippen LogP contribution is 2.37. The number of carbonyl (C=O) groups excluding carboxylic acids is 1. The Labute approximate surface area is 161 Å². The summed E-state index contributed by atoms with van der Waals surface area (Å²) in [6, 6.07) is 11.9. The van der Waals surface area contributed by atoms with Crippen molar-refractivity contribution < 1.29 is 4.79 Å². The Morgan fingerprint density at radius 1 is 0.963 bits per heavy atom. The molecule has 1 aromatic carbocycles. The summed E-state index contributed by atoms with van der Waals surface area (Å²) < 4.78 is 0. The Hall–Kier alpha value is -2.27. The Balaban J connectivity index is 1.35. The largest absolute Gasteiger partial charge is 0.349 e. The molecule has 5 nitrogen and oxygen atoms in total. The predicted octanol–water partition coefficient (Wildman–Crippen LogP) is 3.40. The van der Waals surface area contributed by atoms with Gasteiger partial charge >= 0.3 is 0 Å². The molecule has 1 amide bonds. The molecule has 1 saturated carbocycles. The standard InChI is InChI=1S/C22H28N4O/c27-22(18-14-23-16-24-15-18)25-19-10-12-26(13-11-19)21-9-5-4-8-20(21)17-6-2-1-3-7-17/h1-3,6-7,14-16,19-21H,4-5,8-13H2,(H,25,27)/t20-,21-/m1/s1. The van der Waals surface area contributed by atoms with Crippen molar-refractivity contribution in [3.8, 4) is 0 Å². The van der Waals surface area contributed by atoms with Crippen LogP contribution >= 0.6 is 0 Å². The first kappa shape index (κ1) is 18.1. The van der Waals surface area contributed by atoms with E-state index in [4.69, 9.17) is 0 Å². The lowest BCUT2D eigenvalue weighted by Gasteiger charge is -2.43. The minimum atomic E-state index is -0.0612. The highest BCUT2D eigenvalue weighted by molar-refractivity contribution is 5.93. The maximum Gasteiger partial charge on any atom is 0.254 e. The normalized spacial score (nSPS) is 24.4. The number of hydrogen-bond donors (Lipinski definition) is 1. The third-order valence-electron chi connectivity index (χ3n) is 6.11. The van der Waals surface area contributed by atoms with Crippen LogP contribution in [0.5, 0.6) is 0 Å². The summed E-state index contributed by atoms with van der Waals surface area (Å²) in [6.07, 6.45) is 11.9. The summed E-state index contributed by atoms with van der Waals surface area (Å²) >= 11 is 0. The van der Waals surface area contributed by atoms with Gasteiger partial charge in [0.1, 0.15) is 6.33 Å². The second-order valence-corrected chi connectivity index (χ2v) is 7.78. The molecule has 1 aromatic heterocycles. The summed E-state index contributed by atoms with van der Waals surface area (Å²) in [5, 5.41) is 3.16. The van der Waals surface area contributed by atoms with Crippen LogP contribution in [0.15, 0.2) is 49.1 Å². The maximum absolute atomic E-state index is 12.3. The number of amides is 1. The third kappa shape index (κ3) is 4.35. The molecule has 2 heterocycles. The van der Waals surface area contributed by atoms with E-state index in [1.54, 1.807) is 12.4 Å². The molecule has 2 fully saturated rings. The quantitative estimate of drug-likeness (QED) is 0.903. The highest BCUT2D eigenvalue weighted by atomic mass is 16.1. The van der Waals surface area contributed by atoms with Gasteiger partial charge in [-0.15, -0.1) is 0 Å². The first-order valence-corrected chi connectivity index (χ1v) is 10.2. The molecule has 1 N–H and O–H groups in total. The summed E-state index contributed by atoms with van der Waals surface area (Å²) in [6.45, 7) is 2.12. The van der Waals surface area contributed by atoms with Crippen LogP contribution in [0, 0.1) is 0 Å². The SMILES string of the molecule is O=C(NC1CCN([C@@H]2CCCC[C@@H]2c2ccccc2)CC1)c1cncnc1. The van der Waals surface area contributed by atoms with Crippen molar-refractivity contribution in [2.45, 2.75) is 56.5 Å². The van der Waals surface area contributed by atoms with Gasteiger partial charge in [-0.3, -0.25) is 9.69 Å². The molecule has 1 saturated heterocycles. The number of benzene rings is 1. The Kier molecular flexibility index (Phi) is 5.78. The van der Waals surface area contributed by atoms with Crippen LogP contribution in [0.1, 0.15) is 60.4 Å². The van der Waals surface area contributed by atoms with Gasteiger partial charge in [-0.2, -0.15) is 0 Å². The average Bonchev–Trinajstić information content (AvgIpc) is 2.75. The lowest BCUT2D eigenvalue weighted by molar-refractivity contribution is 0.0830. The lowest BCUT2D eigenvalue weighted by atomic mass is 9.78. The third-order valence-corrected chi connectivity index (χ3v) is 6.11. The minimum absolute atomic E-state index is 0.0612. The van der Waals surface area contributed by atoms with Crippen LogP contribution in [0.4, 0.5) is 0 Å². The number of carbonyl (C=O) groups is 1. The molecule has 1 aliphatic carbocycles. The van der Waals surface area contributed by atoms with E-state index in [9.17, 15) is 4.79 Å². The molecular formula is C22H28N4O. The molecule has 0 bridgehead atoms. The Morgan fingerprint density at radius 2 is 1.67 bits per heavy atom. The molecule has 0 spiro atoms. The topological polar surface area (TPSA) is 58.1 Å². The van der Waals surface area contributed by atoms with Gasteiger partial charge in [0.25, 0.3) is 5.91 Å². The number of nitrogens with one attached hydrogen (secondary N) is 1. The van der Waals surface area contributed by atoms with Gasteiger partial charge in [-0.05, 0) is 37.2 Å². The van der Waals surface area contributed by atoms with E-state index >= 15 is 0 Å². The number of likely N-dealkylation sites (tertiary alicyclic amines) is 1. The Bertz CT molecular complexity index is 728. The van der Waals surface area contributed by atoms with Crippen molar-refractivity contribution in [2.75, 3.05) is 13.1 Å². The molecule has 5 heteroatoms. The van der Waals surface area contributed by atoms with E-state index in [1.807, 2.05) is 0 Å². The van der Waals surface area contributed by atoms with E-state index in [-0.39, 0.29) is 11.9 Å². The average molecular weight is 364 g/mol. The molecule has 2 aliphatic rings. The van der Waals surface area contributed by atoms with Crippen molar-refractivity contribution in [1.29, 1.82) is 0 Å². The van der Waals surface area contributed by atoms with Crippen LogP contribution in [-0.2, 0) is 0 Å². The van der Waals surface area contributed by atoms with Gasteiger partial charge in [0.05, 0.1) is 5.56 Å². The Morgan fingerprint density at radius 3 is 2.41 bits per heavy atom. The van der Waals surface area contributed by atoms with Crippen molar-refractivity contribution in [3.05, 3.63) is 60.2 Å². The number of piperidine rings is 1. The molecule has 142 valence electrons. The first-order valence-electron chi connectivity index (χ1n) is 10.2. The van der Waals surface area contributed by atoms with Gasteiger partial charge in [0.15, 0.2) is 0 Å². The molecule has 0 unspecified atom stereocenters. The fourth-order valence-corrected chi connectivity index (χ4v) is 4.70. The van der Waals surface area contributed by atoms with Gasteiger partial charge < -0.3 is 5.32 Å². The molecule has 1 aliphatic heterocycles. The molecule has 4 rings (SSSR count). The molecule has 2 aromatic rings. The van der Waals surface area contributed by atoms with E-state index in [1.165, 1.54) is 37.6 Å². The van der Waals surface area contributed by atoms with Crippen LogP contribution in [0.25, 0.3) is 0 Å². The van der Waals surface area contributed by atoms with Crippen molar-refractivity contribution in [1.82, 2.24) is 20.2 Å². The number of aromatic nitrogens is 2. The zero-order valence-electron chi connectivity index (χ0n) is 15.8. The molecular weight excluding hydrogens is 336 g/mol. The molecule has 2 atom stereocenters. The summed E-state index contributed by atoms with van der Waals surface area (Å²) in [4.78, 5) is 22.9. The van der Waals surface area contributed by atoms with Crippen LogP contribution < -0.4 is 5.32 Å².